The van der Waals surface area contributed by atoms with Gasteiger partial charge in [0.2, 0.25) is 0 Å². The molecule has 16 heavy (non-hydrogen) atoms. The number of ether oxygens (including phenoxy) is 1. The first-order valence-corrected chi connectivity index (χ1v) is 4.97. The van der Waals surface area contributed by atoms with Crippen LogP contribution in [-0.4, -0.2) is 22.5 Å². The molecule has 0 aromatic carbocycles. The molecule has 1 unspecified atom stereocenters. The summed E-state index contributed by atoms with van der Waals surface area (Å²) in [5, 5.41) is 9.04. The number of hydrogen-bond acceptors (Lipinski definition) is 5. The number of nitriles is 1. The Balaban J connectivity index is 2.83. The van der Waals surface area contributed by atoms with E-state index in [1.54, 1.807) is 25.4 Å². The Hall–Kier alpha value is -1.96. The van der Waals surface area contributed by atoms with Crippen LogP contribution in [0.2, 0.25) is 0 Å². The molecular weight excluding hydrogens is 206 g/mol. The Labute approximate surface area is 94.1 Å². The standard InChI is InChI=1S/C11H13N3O2/c1-3-16-10(15)11(2,8-12)7-9-13-5-4-6-14-9/h4-6H,3,7H2,1-2H3. The van der Waals surface area contributed by atoms with Crippen LogP contribution in [0.4, 0.5) is 0 Å². The number of aromatic nitrogens is 2. The Morgan fingerprint density at radius 3 is 2.69 bits per heavy atom. The number of rotatable bonds is 4. The SMILES string of the molecule is CCOC(=O)C(C)(C#N)Cc1ncccn1. The molecule has 0 saturated carbocycles. The summed E-state index contributed by atoms with van der Waals surface area (Å²) in [6.07, 6.45) is 3.31. The van der Waals surface area contributed by atoms with E-state index < -0.39 is 11.4 Å². The highest BCUT2D eigenvalue weighted by atomic mass is 16.5. The van der Waals surface area contributed by atoms with Gasteiger partial charge >= 0.3 is 5.97 Å². The predicted molar refractivity (Wildman–Crippen MR) is 56.1 cm³/mol. The van der Waals surface area contributed by atoms with Crippen LogP contribution in [-0.2, 0) is 16.0 Å². The maximum absolute atomic E-state index is 11.6. The third kappa shape index (κ3) is 2.76. The van der Waals surface area contributed by atoms with Crippen molar-refractivity contribution in [2.24, 2.45) is 5.41 Å². The topological polar surface area (TPSA) is 75.9 Å². The molecular formula is C11H13N3O2. The highest BCUT2D eigenvalue weighted by Crippen LogP contribution is 2.21. The van der Waals surface area contributed by atoms with Crippen LogP contribution in [0.5, 0.6) is 0 Å². The van der Waals surface area contributed by atoms with Gasteiger partial charge in [-0.1, -0.05) is 0 Å². The molecule has 0 radical (unpaired) electrons. The molecule has 0 N–H and O–H groups in total. The summed E-state index contributed by atoms with van der Waals surface area (Å²) in [5.74, 6) is -0.0791. The molecule has 1 rings (SSSR count). The summed E-state index contributed by atoms with van der Waals surface area (Å²) in [7, 11) is 0. The summed E-state index contributed by atoms with van der Waals surface area (Å²) in [6.45, 7) is 3.49. The third-order valence-corrected chi connectivity index (χ3v) is 2.10. The molecule has 1 atom stereocenters. The van der Waals surface area contributed by atoms with Gasteiger partial charge in [-0.25, -0.2) is 9.97 Å². The van der Waals surface area contributed by atoms with Crippen molar-refractivity contribution in [1.82, 2.24) is 9.97 Å². The Bertz CT molecular complexity index is 399. The minimum Gasteiger partial charge on any atom is -0.465 e. The van der Waals surface area contributed by atoms with Crippen molar-refractivity contribution in [3.05, 3.63) is 24.3 Å². The van der Waals surface area contributed by atoms with Gasteiger partial charge in [0.15, 0.2) is 5.41 Å². The first-order chi connectivity index (χ1) is 7.62. The van der Waals surface area contributed by atoms with E-state index in [2.05, 4.69) is 9.97 Å². The number of hydrogen-bond donors (Lipinski definition) is 0. The van der Waals surface area contributed by atoms with Crippen molar-refractivity contribution in [1.29, 1.82) is 5.26 Å². The van der Waals surface area contributed by atoms with E-state index in [4.69, 9.17) is 10.00 Å². The summed E-state index contributed by atoms with van der Waals surface area (Å²) >= 11 is 0. The van der Waals surface area contributed by atoms with E-state index in [0.717, 1.165) is 0 Å². The molecule has 0 bridgehead atoms. The molecule has 1 aromatic rings. The Kier molecular flexibility index (Phi) is 3.95. The maximum Gasteiger partial charge on any atom is 0.326 e. The molecule has 84 valence electrons. The lowest BCUT2D eigenvalue weighted by Gasteiger charge is -2.17. The molecule has 1 aromatic heterocycles. The van der Waals surface area contributed by atoms with Crippen molar-refractivity contribution >= 4 is 5.97 Å². The van der Waals surface area contributed by atoms with E-state index in [9.17, 15) is 4.79 Å². The van der Waals surface area contributed by atoms with E-state index in [1.165, 1.54) is 6.92 Å². The smallest absolute Gasteiger partial charge is 0.326 e. The summed E-state index contributed by atoms with van der Waals surface area (Å²) < 4.78 is 4.85. The zero-order valence-corrected chi connectivity index (χ0v) is 9.30. The average molecular weight is 219 g/mol. The highest BCUT2D eigenvalue weighted by molar-refractivity contribution is 5.79. The van der Waals surface area contributed by atoms with Crippen LogP contribution in [0, 0.1) is 16.7 Å². The highest BCUT2D eigenvalue weighted by Gasteiger charge is 2.36. The van der Waals surface area contributed by atoms with E-state index in [-0.39, 0.29) is 13.0 Å². The first-order valence-electron chi connectivity index (χ1n) is 4.97. The van der Waals surface area contributed by atoms with Crippen molar-refractivity contribution < 1.29 is 9.53 Å². The largest absolute Gasteiger partial charge is 0.465 e. The lowest BCUT2D eigenvalue weighted by atomic mass is 9.88. The fraction of sp³-hybridized carbons (Fsp3) is 0.455. The van der Waals surface area contributed by atoms with Gasteiger partial charge in [0.1, 0.15) is 5.82 Å². The molecule has 5 heteroatoms. The zero-order chi connectivity index (χ0) is 12.0. The van der Waals surface area contributed by atoms with Gasteiger partial charge in [0.05, 0.1) is 12.7 Å². The Morgan fingerprint density at radius 1 is 1.56 bits per heavy atom. The summed E-state index contributed by atoms with van der Waals surface area (Å²) in [6, 6.07) is 3.64. The monoisotopic (exact) mass is 219 g/mol. The van der Waals surface area contributed by atoms with Crippen LogP contribution >= 0.6 is 0 Å². The van der Waals surface area contributed by atoms with Crippen LogP contribution in [0.3, 0.4) is 0 Å². The lowest BCUT2D eigenvalue weighted by molar-refractivity contribution is -0.151. The number of esters is 1. The van der Waals surface area contributed by atoms with E-state index >= 15 is 0 Å². The van der Waals surface area contributed by atoms with Crippen molar-refractivity contribution in [3.8, 4) is 6.07 Å². The van der Waals surface area contributed by atoms with E-state index in [0.29, 0.717) is 5.82 Å². The molecule has 0 spiro atoms. The van der Waals surface area contributed by atoms with Gasteiger partial charge in [-0.15, -0.1) is 0 Å². The predicted octanol–water partition coefficient (Wildman–Crippen LogP) is 1.11. The lowest BCUT2D eigenvalue weighted by Crippen LogP contribution is -2.31. The maximum atomic E-state index is 11.6. The minimum absolute atomic E-state index is 0.156. The van der Waals surface area contributed by atoms with E-state index in [1.807, 2.05) is 6.07 Å². The molecule has 0 amide bonds. The van der Waals surface area contributed by atoms with Gasteiger partial charge in [-0.05, 0) is 19.9 Å². The van der Waals surface area contributed by atoms with Gasteiger partial charge in [0.25, 0.3) is 0 Å². The molecule has 0 fully saturated rings. The quantitative estimate of drug-likeness (QED) is 0.709. The molecule has 0 aliphatic heterocycles. The van der Waals surface area contributed by atoms with Crippen molar-refractivity contribution in [2.75, 3.05) is 6.61 Å². The minimum atomic E-state index is -1.22. The molecule has 0 aliphatic carbocycles. The van der Waals surface area contributed by atoms with Gasteiger partial charge < -0.3 is 4.74 Å². The van der Waals surface area contributed by atoms with Gasteiger partial charge in [-0.3, -0.25) is 4.79 Å². The number of carbonyl (C=O) groups is 1. The third-order valence-electron chi connectivity index (χ3n) is 2.10. The zero-order valence-electron chi connectivity index (χ0n) is 9.30. The number of nitrogens with zero attached hydrogens (tertiary/aromatic N) is 3. The van der Waals surface area contributed by atoms with Crippen LogP contribution in [0.15, 0.2) is 18.5 Å². The second-order valence-corrected chi connectivity index (χ2v) is 3.51. The molecule has 1 heterocycles. The van der Waals surface area contributed by atoms with Crippen molar-refractivity contribution in [3.63, 3.8) is 0 Å². The van der Waals surface area contributed by atoms with Gasteiger partial charge in [-0.2, -0.15) is 5.26 Å². The second kappa shape index (κ2) is 5.21. The molecule has 0 aliphatic rings. The van der Waals surface area contributed by atoms with Crippen LogP contribution < -0.4 is 0 Å². The van der Waals surface area contributed by atoms with Crippen molar-refractivity contribution in [2.45, 2.75) is 20.3 Å². The number of carbonyl (C=O) groups excluding carboxylic acids is 1. The second-order valence-electron chi connectivity index (χ2n) is 3.51. The molecule has 0 saturated heterocycles. The van der Waals surface area contributed by atoms with Gasteiger partial charge in [0, 0.05) is 18.8 Å². The normalized spacial score (nSPS) is 13.6. The molecule has 5 nitrogen and oxygen atoms in total. The van der Waals surface area contributed by atoms with Crippen LogP contribution in [0.25, 0.3) is 0 Å². The van der Waals surface area contributed by atoms with Crippen LogP contribution in [0.1, 0.15) is 19.7 Å². The summed E-state index contributed by atoms with van der Waals surface area (Å²) in [5.41, 5.74) is -1.22. The fourth-order valence-corrected chi connectivity index (χ4v) is 1.19. The Morgan fingerprint density at radius 2 is 2.19 bits per heavy atom. The fourth-order valence-electron chi connectivity index (χ4n) is 1.19. The summed E-state index contributed by atoms with van der Waals surface area (Å²) in [4.78, 5) is 19.6. The first kappa shape index (κ1) is 12.1. The average Bonchev–Trinajstić information content (AvgIpc) is 2.30.